The first-order chi connectivity index (χ1) is 17.7. The van der Waals surface area contributed by atoms with Crippen molar-refractivity contribution < 1.29 is 4.84 Å². The zero-order chi connectivity index (χ0) is 24.9. The Labute approximate surface area is 218 Å². The highest BCUT2D eigenvalue weighted by atomic mass is 32.2. The van der Waals surface area contributed by atoms with Gasteiger partial charge in [-0.25, -0.2) is 0 Å². The minimum Gasteiger partial charge on any atom is -0.399 e. The van der Waals surface area contributed by atoms with E-state index in [9.17, 15) is 0 Å². The van der Waals surface area contributed by atoms with E-state index in [1.165, 1.54) is 57.8 Å². The Morgan fingerprint density at radius 2 is 1.78 bits per heavy atom. The quantitative estimate of drug-likeness (QED) is 0.132. The van der Waals surface area contributed by atoms with Gasteiger partial charge >= 0.3 is 0 Å². The van der Waals surface area contributed by atoms with Crippen molar-refractivity contribution in [3.05, 3.63) is 107 Å². The molecule has 0 bridgehead atoms. The lowest BCUT2D eigenvalue weighted by Gasteiger charge is -2.13. The van der Waals surface area contributed by atoms with Gasteiger partial charge in [-0.1, -0.05) is 79.5 Å². The maximum absolute atomic E-state index is 5.25. The second kappa shape index (κ2) is 11.2. The van der Waals surface area contributed by atoms with Gasteiger partial charge in [0.1, 0.15) is 7.11 Å². The second-order valence-corrected chi connectivity index (χ2v) is 10.5. The van der Waals surface area contributed by atoms with E-state index in [1.54, 1.807) is 7.11 Å². The monoisotopic (exact) mass is 494 g/mol. The number of allylic oxidation sites excluding steroid dienone is 2. The molecule has 0 saturated carbocycles. The Balaban J connectivity index is 1.59. The van der Waals surface area contributed by atoms with Gasteiger partial charge in [0.05, 0.1) is 11.0 Å². The zero-order valence-electron chi connectivity index (χ0n) is 21.4. The van der Waals surface area contributed by atoms with Crippen LogP contribution in [0, 0.1) is 6.92 Å². The van der Waals surface area contributed by atoms with E-state index < -0.39 is 0 Å². The molecule has 0 saturated heterocycles. The first-order valence-corrected chi connectivity index (χ1v) is 13.8. The lowest BCUT2D eigenvalue weighted by molar-refractivity contribution is 0.213. The van der Waals surface area contributed by atoms with Crippen molar-refractivity contribution in [1.82, 2.24) is 4.57 Å². The summed E-state index contributed by atoms with van der Waals surface area (Å²) in [6.07, 6.45) is 10.9. The minimum absolute atomic E-state index is 0.363. The Kier molecular flexibility index (Phi) is 7.62. The summed E-state index contributed by atoms with van der Waals surface area (Å²) in [5, 5.41) is 9.63. The number of nitrogens with zero attached hydrogens (tertiary/aromatic N) is 2. The third kappa shape index (κ3) is 5.01. The fourth-order valence-corrected chi connectivity index (χ4v) is 6.00. The van der Waals surface area contributed by atoms with E-state index in [0.29, 0.717) is 5.25 Å². The van der Waals surface area contributed by atoms with Crippen molar-refractivity contribution in [2.45, 2.75) is 51.3 Å². The lowest BCUT2D eigenvalue weighted by Crippen LogP contribution is -2.08. The highest BCUT2D eigenvalue weighted by Crippen LogP contribution is 2.38. The van der Waals surface area contributed by atoms with Gasteiger partial charge in [0.15, 0.2) is 0 Å². The van der Waals surface area contributed by atoms with Crippen molar-refractivity contribution in [2.75, 3.05) is 7.11 Å². The number of benzene rings is 3. The van der Waals surface area contributed by atoms with Crippen LogP contribution in [0.1, 0.15) is 53.7 Å². The van der Waals surface area contributed by atoms with Crippen molar-refractivity contribution in [3.63, 3.8) is 0 Å². The molecule has 1 aliphatic heterocycles. The fraction of sp³-hybridized carbons (Fsp3) is 0.281. The Morgan fingerprint density at radius 3 is 2.53 bits per heavy atom. The molecule has 4 heteroatoms. The summed E-state index contributed by atoms with van der Waals surface area (Å²) < 4.78 is 2.52. The van der Waals surface area contributed by atoms with Gasteiger partial charge in [0.25, 0.3) is 0 Å². The minimum atomic E-state index is 0.363. The molecule has 3 nitrogen and oxygen atoms in total. The van der Waals surface area contributed by atoms with Crippen molar-refractivity contribution in [1.29, 1.82) is 0 Å². The van der Waals surface area contributed by atoms with Crippen LogP contribution in [0.2, 0.25) is 0 Å². The average Bonchev–Trinajstić information content (AvgIpc) is 3.22. The topological polar surface area (TPSA) is 26.5 Å². The van der Waals surface area contributed by atoms with Crippen molar-refractivity contribution in [3.8, 4) is 0 Å². The summed E-state index contributed by atoms with van der Waals surface area (Å²) in [6, 6.07) is 22.3. The molecule has 0 radical (unpaired) electrons. The maximum Gasteiger partial charge on any atom is 0.106 e. The molecule has 2 heterocycles. The van der Waals surface area contributed by atoms with E-state index in [4.69, 9.17) is 4.84 Å². The van der Waals surface area contributed by atoms with Crippen LogP contribution in [-0.2, 0) is 17.8 Å². The number of hydrogen-bond donors (Lipinski definition) is 0. The number of fused-ring (bicyclic) bond motifs is 3. The Bertz CT molecular complexity index is 1460. The molecule has 1 unspecified atom stereocenters. The number of unbranched alkanes of at least 4 members (excludes halogenated alkanes) is 2. The van der Waals surface area contributed by atoms with E-state index in [0.717, 1.165) is 24.2 Å². The van der Waals surface area contributed by atoms with E-state index in [-0.39, 0.29) is 0 Å². The summed E-state index contributed by atoms with van der Waals surface area (Å²) in [6.45, 7) is 5.44. The summed E-state index contributed by atoms with van der Waals surface area (Å²) in [7, 11) is 1.62. The fourth-order valence-electron chi connectivity index (χ4n) is 5.17. The van der Waals surface area contributed by atoms with Crippen molar-refractivity contribution >= 4 is 39.3 Å². The summed E-state index contributed by atoms with van der Waals surface area (Å²) in [5.74, 6) is 0. The standard InChI is InChI=1S/C32H34N2OS/c1-4-5-9-18-34-30-16-14-24(21-29(33-35-3)26-12-7-6-11-23(26)2)20-27(30)28-22-25(15-17-31(28)34)32-13-8-10-19-36-32/h6-8,10-17,19-20,22,32H,4-5,9,18,21H2,1-3H3/b33-29-. The first-order valence-electron chi connectivity index (χ1n) is 12.9. The van der Waals surface area contributed by atoms with Crippen LogP contribution < -0.4 is 0 Å². The molecule has 0 fully saturated rings. The molecule has 4 aromatic rings. The first kappa shape index (κ1) is 24.5. The predicted octanol–water partition coefficient (Wildman–Crippen LogP) is 8.74. The molecule has 1 atom stereocenters. The average molecular weight is 495 g/mol. The number of aromatic nitrogens is 1. The van der Waals surface area contributed by atoms with Gasteiger partial charge in [-0.15, -0.1) is 11.8 Å². The molecular weight excluding hydrogens is 460 g/mol. The van der Waals surface area contributed by atoms with Crippen LogP contribution in [0.3, 0.4) is 0 Å². The number of rotatable bonds is 9. The third-order valence-corrected chi connectivity index (χ3v) is 8.03. The predicted molar refractivity (Wildman–Crippen MR) is 156 cm³/mol. The highest BCUT2D eigenvalue weighted by molar-refractivity contribution is 8.02. The molecule has 36 heavy (non-hydrogen) atoms. The number of hydrogen-bond acceptors (Lipinski definition) is 3. The Hall–Kier alpha value is -3.24. The zero-order valence-corrected chi connectivity index (χ0v) is 22.2. The van der Waals surface area contributed by atoms with Crippen LogP contribution in [0.15, 0.2) is 89.5 Å². The number of thioether (sulfide) groups is 1. The molecule has 1 aromatic heterocycles. The third-order valence-electron chi connectivity index (χ3n) is 7.00. The number of aryl methyl sites for hydroxylation is 2. The van der Waals surface area contributed by atoms with Gasteiger partial charge in [0.2, 0.25) is 0 Å². The van der Waals surface area contributed by atoms with Gasteiger partial charge in [-0.05, 0) is 59.7 Å². The second-order valence-electron chi connectivity index (χ2n) is 9.47. The molecule has 0 spiro atoms. The van der Waals surface area contributed by atoms with Gasteiger partial charge in [-0.2, -0.15) is 0 Å². The smallest absolute Gasteiger partial charge is 0.106 e. The van der Waals surface area contributed by atoms with Crippen LogP contribution >= 0.6 is 11.8 Å². The molecule has 0 aliphatic carbocycles. The van der Waals surface area contributed by atoms with E-state index >= 15 is 0 Å². The van der Waals surface area contributed by atoms with E-state index in [1.807, 2.05) is 11.8 Å². The molecule has 1 aliphatic rings. The van der Waals surface area contributed by atoms with Gasteiger partial charge < -0.3 is 9.40 Å². The van der Waals surface area contributed by atoms with Crippen LogP contribution in [0.25, 0.3) is 21.8 Å². The lowest BCUT2D eigenvalue weighted by atomic mass is 9.97. The van der Waals surface area contributed by atoms with Crippen LogP contribution in [0.4, 0.5) is 0 Å². The Morgan fingerprint density at radius 1 is 0.972 bits per heavy atom. The summed E-state index contributed by atoms with van der Waals surface area (Å²) in [5.41, 5.74) is 8.54. The molecule has 0 amide bonds. The maximum atomic E-state index is 5.25. The molecule has 3 aromatic carbocycles. The van der Waals surface area contributed by atoms with Gasteiger partial charge in [0, 0.05) is 40.3 Å². The molecule has 0 N–H and O–H groups in total. The summed E-state index contributed by atoms with van der Waals surface area (Å²) >= 11 is 1.87. The van der Waals surface area contributed by atoms with Gasteiger partial charge in [-0.3, -0.25) is 0 Å². The number of oxime groups is 1. The van der Waals surface area contributed by atoms with Crippen LogP contribution in [-0.4, -0.2) is 17.4 Å². The van der Waals surface area contributed by atoms with Crippen LogP contribution in [0.5, 0.6) is 0 Å². The van der Waals surface area contributed by atoms with E-state index in [2.05, 4.69) is 108 Å². The van der Waals surface area contributed by atoms with Crippen molar-refractivity contribution in [2.24, 2.45) is 5.16 Å². The SMILES string of the molecule is CCCCCn1c2ccc(C/C(=N/OC)c3ccccc3C)cc2c2cc(C3C=CC=CS3)ccc21. The molecule has 184 valence electrons. The normalized spacial score (nSPS) is 15.8. The molecule has 5 rings (SSSR count). The summed E-state index contributed by atoms with van der Waals surface area (Å²) in [4.78, 5) is 5.25. The molecular formula is C32H34N2OS. The largest absolute Gasteiger partial charge is 0.399 e. The highest BCUT2D eigenvalue weighted by Gasteiger charge is 2.16.